The largest absolute Gasteiger partial charge is 0.497 e. The maximum atomic E-state index is 12.9. The summed E-state index contributed by atoms with van der Waals surface area (Å²) in [6.07, 6.45) is 1.65. The number of carbonyl (C=O) groups is 1. The summed E-state index contributed by atoms with van der Waals surface area (Å²) in [5.74, 6) is 3.18. The number of amides is 1. The zero-order chi connectivity index (χ0) is 19.1. The summed E-state index contributed by atoms with van der Waals surface area (Å²) in [6, 6.07) is 5.58. The Bertz CT molecular complexity index is 1000. The number of ether oxygens (including phenoxy) is 1. The van der Waals surface area contributed by atoms with Crippen LogP contribution in [-0.2, 0) is 13.0 Å². The van der Waals surface area contributed by atoms with Crippen LogP contribution in [0.5, 0.6) is 5.75 Å². The highest BCUT2D eigenvalue weighted by atomic mass is 16.5. The zero-order valence-corrected chi connectivity index (χ0v) is 16.1. The number of benzene rings is 1. The number of methoxy groups -OCH3 is 1. The fourth-order valence-electron chi connectivity index (χ4n) is 3.69. The molecule has 1 N–H and O–H groups in total. The minimum absolute atomic E-state index is 0.0284. The van der Waals surface area contributed by atoms with Crippen LogP contribution in [0.2, 0.25) is 0 Å². The van der Waals surface area contributed by atoms with Crippen molar-refractivity contribution in [2.75, 3.05) is 7.11 Å². The van der Waals surface area contributed by atoms with E-state index in [2.05, 4.69) is 33.9 Å². The molecule has 4 rings (SSSR count). The molecule has 2 aromatic heterocycles. The topological polar surface area (TPSA) is 82.2 Å². The monoisotopic (exact) mass is 368 g/mol. The van der Waals surface area contributed by atoms with E-state index in [4.69, 9.17) is 9.15 Å². The van der Waals surface area contributed by atoms with E-state index in [1.165, 1.54) is 0 Å². The molecule has 1 amide bonds. The van der Waals surface area contributed by atoms with Crippen molar-refractivity contribution in [3.63, 3.8) is 0 Å². The first-order valence-electron chi connectivity index (χ1n) is 9.28. The number of furan rings is 1. The molecule has 0 aliphatic carbocycles. The second-order valence-electron chi connectivity index (χ2n) is 7.37. The first-order valence-corrected chi connectivity index (χ1v) is 9.28. The molecular weight excluding hydrogens is 344 g/mol. The van der Waals surface area contributed by atoms with Crippen LogP contribution in [0.3, 0.4) is 0 Å². The highest BCUT2D eigenvalue weighted by molar-refractivity contribution is 5.99. The SMILES string of the molecule is COc1ccc2oc(C(=O)N[C@H]3CCc4nnc(C(C)C)n4C3)c(C)c2c1. The summed E-state index contributed by atoms with van der Waals surface area (Å²) in [4.78, 5) is 12.9. The van der Waals surface area contributed by atoms with Crippen LogP contribution in [0.15, 0.2) is 22.6 Å². The van der Waals surface area contributed by atoms with Gasteiger partial charge in [0.1, 0.15) is 23.0 Å². The highest BCUT2D eigenvalue weighted by Gasteiger charge is 2.27. The maximum Gasteiger partial charge on any atom is 0.287 e. The van der Waals surface area contributed by atoms with E-state index in [0.29, 0.717) is 23.8 Å². The Morgan fingerprint density at radius 3 is 2.93 bits per heavy atom. The molecule has 7 heteroatoms. The van der Waals surface area contributed by atoms with Gasteiger partial charge in [-0.15, -0.1) is 10.2 Å². The molecule has 1 aliphatic rings. The van der Waals surface area contributed by atoms with Crippen molar-refractivity contribution in [3.05, 3.63) is 41.2 Å². The van der Waals surface area contributed by atoms with Gasteiger partial charge in [-0.05, 0) is 31.5 Å². The lowest BCUT2D eigenvalue weighted by Crippen LogP contribution is -2.41. The van der Waals surface area contributed by atoms with Crippen LogP contribution in [0.25, 0.3) is 11.0 Å². The summed E-state index contributed by atoms with van der Waals surface area (Å²) in [6.45, 7) is 6.79. The Morgan fingerprint density at radius 1 is 1.37 bits per heavy atom. The van der Waals surface area contributed by atoms with Crippen LogP contribution in [0.1, 0.15) is 54.0 Å². The van der Waals surface area contributed by atoms with Gasteiger partial charge < -0.3 is 19.0 Å². The van der Waals surface area contributed by atoms with Gasteiger partial charge in [0, 0.05) is 35.9 Å². The fraction of sp³-hybridized carbons (Fsp3) is 0.450. The lowest BCUT2D eigenvalue weighted by atomic mass is 10.1. The Morgan fingerprint density at radius 2 is 2.19 bits per heavy atom. The smallest absolute Gasteiger partial charge is 0.287 e. The van der Waals surface area contributed by atoms with Gasteiger partial charge in [0.15, 0.2) is 5.76 Å². The second-order valence-corrected chi connectivity index (χ2v) is 7.37. The van der Waals surface area contributed by atoms with Gasteiger partial charge in [-0.1, -0.05) is 13.8 Å². The normalized spacial score (nSPS) is 16.6. The Labute approximate surface area is 157 Å². The van der Waals surface area contributed by atoms with Gasteiger partial charge in [0.25, 0.3) is 5.91 Å². The molecule has 1 aliphatic heterocycles. The number of fused-ring (bicyclic) bond motifs is 2. The van der Waals surface area contributed by atoms with Crippen molar-refractivity contribution in [2.24, 2.45) is 0 Å². The molecule has 0 saturated carbocycles. The average Bonchev–Trinajstić information content (AvgIpc) is 3.22. The fourth-order valence-corrected chi connectivity index (χ4v) is 3.69. The van der Waals surface area contributed by atoms with E-state index in [-0.39, 0.29) is 11.9 Å². The number of nitrogens with one attached hydrogen (secondary N) is 1. The first-order chi connectivity index (χ1) is 13.0. The standard InChI is InChI=1S/C20H24N4O3/c1-11(2)19-23-22-17-8-5-13(10-24(17)19)21-20(25)18-12(3)15-9-14(26-4)6-7-16(15)27-18/h6-7,9,11,13H,5,8,10H2,1-4H3,(H,21,25)/t13-/m0/s1. The summed E-state index contributed by atoms with van der Waals surface area (Å²) < 4.78 is 13.2. The quantitative estimate of drug-likeness (QED) is 0.765. The van der Waals surface area contributed by atoms with E-state index in [1.54, 1.807) is 7.11 Å². The van der Waals surface area contributed by atoms with Gasteiger partial charge >= 0.3 is 0 Å². The molecule has 7 nitrogen and oxygen atoms in total. The summed E-state index contributed by atoms with van der Waals surface area (Å²) in [7, 11) is 1.62. The average molecular weight is 368 g/mol. The third kappa shape index (κ3) is 3.07. The number of hydrogen-bond donors (Lipinski definition) is 1. The Hall–Kier alpha value is -2.83. The molecule has 0 fully saturated rings. The van der Waals surface area contributed by atoms with Crippen LogP contribution in [0, 0.1) is 6.92 Å². The molecule has 0 unspecified atom stereocenters. The molecule has 0 saturated heterocycles. The summed E-state index contributed by atoms with van der Waals surface area (Å²) >= 11 is 0. The van der Waals surface area contributed by atoms with Gasteiger partial charge in [-0.2, -0.15) is 0 Å². The number of hydrogen-bond acceptors (Lipinski definition) is 5. The third-order valence-electron chi connectivity index (χ3n) is 5.18. The predicted molar refractivity (Wildman–Crippen MR) is 101 cm³/mol. The number of rotatable bonds is 4. The van der Waals surface area contributed by atoms with E-state index >= 15 is 0 Å². The molecule has 27 heavy (non-hydrogen) atoms. The molecule has 3 heterocycles. The van der Waals surface area contributed by atoms with Crippen LogP contribution in [0.4, 0.5) is 0 Å². The molecule has 1 atom stereocenters. The predicted octanol–water partition coefficient (Wildman–Crippen LogP) is 3.21. The van der Waals surface area contributed by atoms with E-state index in [9.17, 15) is 4.79 Å². The minimum atomic E-state index is -0.185. The number of nitrogens with zero attached hydrogens (tertiary/aromatic N) is 3. The van der Waals surface area contributed by atoms with Gasteiger partial charge in [0.2, 0.25) is 0 Å². The van der Waals surface area contributed by atoms with Crippen molar-refractivity contribution in [3.8, 4) is 5.75 Å². The summed E-state index contributed by atoms with van der Waals surface area (Å²) in [5, 5.41) is 12.6. The Balaban J connectivity index is 1.55. The molecule has 1 aromatic carbocycles. The molecule has 3 aromatic rings. The third-order valence-corrected chi connectivity index (χ3v) is 5.18. The molecule has 0 radical (unpaired) electrons. The number of aryl methyl sites for hydroxylation is 2. The van der Waals surface area contributed by atoms with Crippen molar-refractivity contribution >= 4 is 16.9 Å². The second kappa shape index (κ2) is 6.72. The van der Waals surface area contributed by atoms with Gasteiger partial charge in [0.05, 0.1) is 7.11 Å². The van der Waals surface area contributed by atoms with Gasteiger partial charge in [-0.25, -0.2) is 0 Å². The zero-order valence-electron chi connectivity index (χ0n) is 16.1. The minimum Gasteiger partial charge on any atom is -0.497 e. The highest BCUT2D eigenvalue weighted by Crippen LogP contribution is 2.29. The lowest BCUT2D eigenvalue weighted by Gasteiger charge is -2.25. The number of carbonyl (C=O) groups excluding carboxylic acids is 1. The van der Waals surface area contributed by atoms with Crippen molar-refractivity contribution in [1.82, 2.24) is 20.1 Å². The van der Waals surface area contributed by atoms with Crippen LogP contribution >= 0.6 is 0 Å². The van der Waals surface area contributed by atoms with E-state index in [0.717, 1.165) is 41.2 Å². The van der Waals surface area contributed by atoms with Gasteiger partial charge in [-0.3, -0.25) is 4.79 Å². The van der Waals surface area contributed by atoms with Crippen LogP contribution < -0.4 is 10.1 Å². The Kier molecular flexibility index (Phi) is 4.37. The number of aromatic nitrogens is 3. The van der Waals surface area contributed by atoms with E-state index in [1.807, 2.05) is 25.1 Å². The first kappa shape index (κ1) is 17.6. The molecular formula is C20H24N4O3. The molecule has 142 valence electrons. The van der Waals surface area contributed by atoms with Crippen molar-refractivity contribution in [2.45, 2.75) is 52.1 Å². The lowest BCUT2D eigenvalue weighted by molar-refractivity contribution is 0.0900. The maximum absolute atomic E-state index is 12.9. The molecule has 0 spiro atoms. The van der Waals surface area contributed by atoms with E-state index < -0.39 is 0 Å². The summed E-state index contributed by atoms with van der Waals surface area (Å²) in [5.41, 5.74) is 1.51. The molecule has 0 bridgehead atoms. The van der Waals surface area contributed by atoms with Crippen LogP contribution in [-0.4, -0.2) is 33.8 Å². The van der Waals surface area contributed by atoms with Crippen molar-refractivity contribution < 1.29 is 13.9 Å². The van der Waals surface area contributed by atoms with Crippen molar-refractivity contribution in [1.29, 1.82) is 0 Å².